The van der Waals surface area contributed by atoms with Crippen molar-refractivity contribution in [3.05, 3.63) is 22.7 Å². The third kappa shape index (κ3) is 2.93. The normalized spacial score (nSPS) is 25.0. The van der Waals surface area contributed by atoms with E-state index in [2.05, 4.69) is 17.0 Å². The average Bonchev–Trinajstić information content (AvgIpc) is 2.92. The molecule has 1 aliphatic heterocycles. The van der Waals surface area contributed by atoms with Gasteiger partial charge in [-0.2, -0.15) is 0 Å². The predicted molar refractivity (Wildman–Crippen MR) is 80.9 cm³/mol. The molecule has 1 saturated carbocycles. The highest BCUT2D eigenvalue weighted by Crippen LogP contribution is 2.33. The number of fused-ring (bicyclic) bond motifs is 1. The monoisotopic (exact) mass is 328 g/mol. The van der Waals surface area contributed by atoms with Crippen LogP contribution in [0.1, 0.15) is 31.7 Å². The minimum absolute atomic E-state index is 0.0333. The second-order valence-corrected chi connectivity index (χ2v) is 7.99. The maximum Gasteiger partial charge on any atom is 0.242 e. The molecule has 1 aromatic carbocycles. The minimum atomic E-state index is -3.66. The van der Waals surface area contributed by atoms with Gasteiger partial charge >= 0.3 is 0 Å². The van der Waals surface area contributed by atoms with E-state index in [-0.39, 0.29) is 28.3 Å². The van der Waals surface area contributed by atoms with E-state index in [1.165, 1.54) is 12.1 Å². The lowest BCUT2D eigenvalue weighted by Gasteiger charge is -2.14. The molecule has 2 atom stereocenters. The quantitative estimate of drug-likeness (QED) is 0.894. The van der Waals surface area contributed by atoms with Gasteiger partial charge in [0.05, 0.1) is 11.4 Å². The number of halogens is 1. The van der Waals surface area contributed by atoms with Crippen molar-refractivity contribution in [3.8, 4) is 0 Å². The van der Waals surface area contributed by atoms with E-state index >= 15 is 0 Å². The molecule has 0 aromatic heterocycles. The Morgan fingerprint density at radius 1 is 1.33 bits per heavy atom. The number of anilines is 1. The first kappa shape index (κ1) is 14.8. The summed E-state index contributed by atoms with van der Waals surface area (Å²) in [7, 11) is -3.66. The summed E-state index contributed by atoms with van der Waals surface area (Å²) >= 11 is 6.08. The lowest BCUT2D eigenvalue weighted by Crippen LogP contribution is -2.33. The number of amides is 1. The average molecular weight is 329 g/mol. The van der Waals surface area contributed by atoms with Gasteiger partial charge in [-0.25, -0.2) is 13.1 Å². The number of nitrogens with one attached hydrogen (secondary N) is 2. The molecule has 1 amide bonds. The van der Waals surface area contributed by atoms with E-state index in [1.54, 1.807) is 0 Å². The largest absolute Gasteiger partial charge is 0.325 e. The summed E-state index contributed by atoms with van der Waals surface area (Å²) in [6.07, 6.45) is 2.92. The summed E-state index contributed by atoms with van der Waals surface area (Å²) in [6.45, 7) is 2.12. The Bertz CT molecular complexity index is 702. The zero-order valence-electron chi connectivity index (χ0n) is 11.6. The van der Waals surface area contributed by atoms with E-state index in [0.717, 1.165) is 19.3 Å². The summed E-state index contributed by atoms with van der Waals surface area (Å²) < 4.78 is 27.7. The second-order valence-electron chi connectivity index (χ2n) is 5.90. The van der Waals surface area contributed by atoms with E-state index in [9.17, 15) is 13.2 Å². The molecule has 21 heavy (non-hydrogen) atoms. The Kier molecular flexibility index (Phi) is 3.71. The summed E-state index contributed by atoms with van der Waals surface area (Å²) in [5.74, 6) is 0.392. The van der Waals surface area contributed by atoms with Gasteiger partial charge in [0.1, 0.15) is 4.90 Å². The van der Waals surface area contributed by atoms with Crippen molar-refractivity contribution in [2.75, 3.05) is 5.32 Å². The standard InChI is InChI=1S/C14H17ClN2O3S/c1-8-2-3-10(4-8)17-21(19,20)13-5-9-6-14(18)16-12(9)7-11(13)15/h5,7-8,10,17H,2-4,6H2,1H3,(H,16,18). The Morgan fingerprint density at radius 2 is 2.10 bits per heavy atom. The SMILES string of the molecule is CC1CCC(NS(=O)(=O)c2cc3c(cc2Cl)NC(=O)C3)C1. The zero-order valence-corrected chi connectivity index (χ0v) is 13.2. The number of rotatable bonds is 3. The first-order valence-electron chi connectivity index (χ1n) is 7.00. The van der Waals surface area contributed by atoms with Gasteiger partial charge < -0.3 is 5.32 Å². The molecule has 1 fully saturated rings. The molecule has 2 aliphatic rings. The van der Waals surface area contributed by atoms with Crippen LogP contribution < -0.4 is 10.0 Å². The highest BCUT2D eigenvalue weighted by Gasteiger charge is 2.29. The Hall–Kier alpha value is -1.11. The summed E-state index contributed by atoms with van der Waals surface area (Å²) in [5, 5.41) is 2.79. The van der Waals surface area contributed by atoms with Crippen LogP contribution in [0, 0.1) is 5.92 Å². The molecule has 3 rings (SSSR count). The van der Waals surface area contributed by atoms with Gasteiger partial charge in [-0.3, -0.25) is 4.79 Å². The Morgan fingerprint density at radius 3 is 2.76 bits per heavy atom. The molecule has 5 nitrogen and oxygen atoms in total. The molecule has 0 radical (unpaired) electrons. The van der Waals surface area contributed by atoms with Crippen molar-refractivity contribution in [3.63, 3.8) is 0 Å². The highest BCUT2D eigenvalue weighted by atomic mass is 35.5. The predicted octanol–water partition coefficient (Wildman–Crippen LogP) is 2.30. The van der Waals surface area contributed by atoms with Crippen molar-refractivity contribution in [2.45, 2.75) is 43.5 Å². The number of hydrogen-bond donors (Lipinski definition) is 2. The fraction of sp³-hybridized carbons (Fsp3) is 0.500. The van der Waals surface area contributed by atoms with Crippen molar-refractivity contribution in [1.29, 1.82) is 0 Å². The zero-order chi connectivity index (χ0) is 15.2. The van der Waals surface area contributed by atoms with E-state index in [4.69, 9.17) is 11.6 Å². The summed E-state index contributed by atoms with van der Waals surface area (Å²) in [6, 6.07) is 2.97. The molecule has 2 N–H and O–H groups in total. The molecule has 0 spiro atoms. The molecular formula is C14H17ClN2O3S. The third-order valence-electron chi connectivity index (χ3n) is 4.09. The molecule has 0 bridgehead atoms. The second kappa shape index (κ2) is 5.26. The fourth-order valence-electron chi connectivity index (χ4n) is 3.03. The maximum atomic E-state index is 12.5. The molecule has 1 heterocycles. The molecule has 1 aromatic rings. The molecule has 1 aliphatic carbocycles. The van der Waals surface area contributed by atoms with Gasteiger partial charge in [-0.05, 0) is 42.9 Å². The molecule has 2 unspecified atom stereocenters. The van der Waals surface area contributed by atoms with Crippen LogP contribution in [0.15, 0.2) is 17.0 Å². The Balaban J connectivity index is 1.89. The first-order valence-corrected chi connectivity index (χ1v) is 8.86. The van der Waals surface area contributed by atoms with Crippen molar-refractivity contribution in [1.82, 2.24) is 4.72 Å². The number of carbonyl (C=O) groups is 1. The molecule has 114 valence electrons. The number of sulfonamides is 1. The number of hydrogen-bond acceptors (Lipinski definition) is 3. The minimum Gasteiger partial charge on any atom is -0.325 e. The van der Waals surface area contributed by atoms with E-state index in [1.807, 2.05) is 0 Å². The highest BCUT2D eigenvalue weighted by molar-refractivity contribution is 7.89. The van der Waals surface area contributed by atoms with Gasteiger partial charge in [0.2, 0.25) is 15.9 Å². The van der Waals surface area contributed by atoms with Crippen LogP contribution in [0.25, 0.3) is 0 Å². The fourth-order valence-corrected chi connectivity index (χ4v) is 4.89. The number of carbonyl (C=O) groups excluding carboxylic acids is 1. The van der Waals surface area contributed by atoms with Crippen molar-refractivity contribution < 1.29 is 13.2 Å². The van der Waals surface area contributed by atoms with Crippen LogP contribution in [0.5, 0.6) is 0 Å². The topological polar surface area (TPSA) is 75.3 Å². The molecule has 0 saturated heterocycles. The summed E-state index contributed by atoms with van der Waals surface area (Å²) in [4.78, 5) is 11.4. The lowest BCUT2D eigenvalue weighted by molar-refractivity contribution is -0.115. The van der Waals surface area contributed by atoms with E-state index in [0.29, 0.717) is 17.2 Å². The summed E-state index contributed by atoms with van der Waals surface area (Å²) in [5.41, 5.74) is 1.27. The Labute approximate surface area is 129 Å². The first-order chi connectivity index (χ1) is 9.85. The lowest BCUT2D eigenvalue weighted by atomic mass is 10.1. The maximum absolute atomic E-state index is 12.5. The van der Waals surface area contributed by atoms with Gasteiger partial charge in [0.25, 0.3) is 0 Å². The smallest absolute Gasteiger partial charge is 0.242 e. The van der Waals surface area contributed by atoms with Gasteiger partial charge in [0, 0.05) is 11.7 Å². The molecular weight excluding hydrogens is 312 g/mol. The van der Waals surface area contributed by atoms with Crippen molar-refractivity contribution >= 4 is 33.2 Å². The van der Waals surface area contributed by atoms with Crippen LogP contribution in [-0.2, 0) is 21.2 Å². The third-order valence-corrected chi connectivity index (χ3v) is 6.07. The van der Waals surface area contributed by atoms with Gasteiger partial charge in [-0.1, -0.05) is 18.5 Å². The molecule has 7 heteroatoms. The van der Waals surface area contributed by atoms with Gasteiger partial charge in [-0.15, -0.1) is 0 Å². The van der Waals surface area contributed by atoms with Crippen LogP contribution in [0.4, 0.5) is 5.69 Å². The number of benzene rings is 1. The van der Waals surface area contributed by atoms with E-state index < -0.39 is 10.0 Å². The van der Waals surface area contributed by atoms with Crippen LogP contribution in [0.2, 0.25) is 5.02 Å². The van der Waals surface area contributed by atoms with Crippen LogP contribution in [-0.4, -0.2) is 20.4 Å². The van der Waals surface area contributed by atoms with Gasteiger partial charge in [0.15, 0.2) is 0 Å². The van der Waals surface area contributed by atoms with Crippen LogP contribution >= 0.6 is 11.6 Å². The van der Waals surface area contributed by atoms with Crippen LogP contribution in [0.3, 0.4) is 0 Å². The van der Waals surface area contributed by atoms with Crippen molar-refractivity contribution in [2.24, 2.45) is 5.92 Å².